The Kier molecular flexibility index (Phi) is 7.05. The first kappa shape index (κ1) is 20.9. The van der Waals surface area contributed by atoms with Gasteiger partial charge < -0.3 is 14.2 Å². The second-order valence-electron chi connectivity index (χ2n) is 6.45. The van der Waals surface area contributed by atoms with Crippen LogP contribution in [0, 0.1) is 0 Å². The van der Waals surface area contributed by atoms with E-state index in [2.05, 4.69) is 10.5 Å². The summed E-state index contributed by atoms with van der Waals surface area (Å²) >= 11 is 0. The zero-order valence-electron chi connectivity index (χ0n) is 17.2. The molecule has 0 saturated heterocycles. The highest BCUT2D eigenvalue weighted by atomic mass is 16.5. The van der Waals surface area contributed by atoms with Crippen molar-refractivity contribution in [2.45, 2.75) is 6.92 Å². The van der Waals surface area contributed by atoms with Crippen LogP contribution < -0.4 is 19.6 Å². The van der Waals surface area contributed by atoms with Gasteiger partial charge in [-0.1, -0.05) is 48.5 Å². The fraction of sp³-hybridized carbons (Fsp3) is 0.167. The number of para-hydroxylation sites is 1. The molecule has 3 aromatic rings. The van der Waals surface area contributed by atoms with E-state index in [-0.39, 0.29) is 12.5 Å². The molecule has 154 valence electrons. The normalized spacial score (nSPS) is 11.0. The van der Waals surface area contributed by atoms with Gasteiger partial charge in [-0.25, -0.2) is 5.43 Å². The van der Waals surface area contributed by atoms with Crippen molar-refractivity contribution in [1.82, 2.24) is 5.43 Å². The average Bonchev–Trinajstić information content (AvgIpc) is 2.81. The second-order valence-corrected chi connectivity index (χ2v) is 6.45. The fourth-order valence-corrected chi connectivity index (χ4v) is 2.90. The van der Waals surface area contributed by atoms with E-state index >= 15 is 0 Å². The molecular formula is C24H24N2O4. The monoisotopic (exact) mass is 404 g/mol. The van der Waals surface area contributed by atoms with Crippen LogP contribution in [0.1, 0.15) is 12.5 Å². The number of carbonyl (C=O) groups is 1. The number of methoxy groups -OCH3 is 2. The SMILES string of the molecule is COc1ccc(/C(C)=N\NC(=O)COc2ccccc2-c2ccccc2)cc1OC. The van der Waals surface area contributed by atoms with Gasteiger partial charge in [-0.05, 0) is 36.8 Å². The lowest BCUT2D eigenvalue weighted by molar-refractivity contribution is -0.123. The van der Waals surface area contributed by atoms with Crippen molar-refractivity contribution in [2.24, 2.45) is 5.10 Å². The Morgan fingerprint density at radius 3 is 2.30 bits per heavy atom. The zero-order chi connectivity index (χ0) is 21.3. The van der Waals surface area contributed by atoms with Crippen molar-refractivity contribution < 1.29 is 19.0 Å². The summed E-state index contributed by atoms with van der Waals surface area (Å²) in [4.78, 5) is 12.2. The van der Waals surface area contributed by atoms with Gasteiger partial charge in [0.15, 0.2) is 18.1 Å². The van der Waals surface area contributed by atoms with Crippen LogP contribution in [0.15, 0.2) is 77.9 Å². The molecule has 0 atom stereocenters. The number of carbonyl (C=O) groups excluding carboxylic acids is 1. The summed E-state index contributed by atoms with van der Waals surface area (Å²) in [6, 6.07) is 22.9. The van der Waals surface area contributed by atoms with Crippen molar-refractivity contribution in [3.05, 3.63) is 78.4 Å². The largest absolute Gasteiger partial charge is 0.493 e. The minimum atomic E-state index is -0.349. The lowest BCUT2D eigenvalue weighted by atomic mass is 10.1. The van der Waals surface area contributed by atoms with Gasteiger partial charge in [0.05, 0.1) is 19.9 Å². The molecule has 0 aliphatic rings. The van der Waals surface area contributed by atoms with E-state index in [1.54, 1.807) is 33.3 Å². The molecule has 0 aromatic heterocycles. The predicted molar refractivity (Wildman–Crippen MR) is 117 cm³/mol. The topological polar surface area (TPSA) is 69.2 Å². The van der Waals surface area contributed by atoms with Crippen molar-refractivity contribution in [2.75, 3.05) is 20.8 Å². The average molecular weight is 404 g/mol. The van der Waals surface area contributed by atoms with Crippen LogP contribution in [-0.2, 0) is 4.79 Å². The quantitative estimate of drug-likeness (QED) is 0.449. The smallest absolute Gasteiger partial charge is 0.277 e. The summed E-state index contributed by atoms with van der Waals surface area (Å²) in [5, 5.41) is 4.16. The molecule has 0 aliphatic heterocycles. The van der Waals surface area contributed by atoms with Gasteiger partial charge >= 0.3 is 0 Å². The molecule has 30 heavy (non-hydrogen) atoms. The Hall–Kier alpha value is -3.80. The molecule has 0 unspecified atom stereocenters. The molecule has 0 spiro atoms. The third-order valence-electron chi connectivity index (χ3n) is 4.48. The molecule has 1 amide bonds. The first-order valence-electron chi connectivity index (χ1n) is 9.45. The van der Waals surface area contributed by atoms with E-state index in [1.165, 1.54) is 0 Å². The number of nitrogens with one attached hydrogen (secondary N) is 1. The number of rotatable bonds is 8. The lowest BCUT2D eigenvalue weighted by Gasteiger charge is -2.11. The summed E-state index contributed by atoms with van der Waals surface area (Å²) in [7, 11) is 3.15. The first-order valence-corrected chi connectivity index (χ1v) is 9.45. The zero-order valence-corrected chi connectivity index (χ0v) is 17.2. The Bertz CT molecular complexity index is 1030. The van der Waals surface area contributed by atoms with E-state index < -0.39 is 0 Å². The molecule has 0 fully saturated rings. The van der Waals surface area contributed by atoms with Crippen molar-refractivity contribution in [3.63, 3.8) is 0 Å². The third-order valence-corrected chi connectivity index (χ3v) is 4.48. The third kappa shape index (κ3) is 5.17. The van der Waals surface area contributed by atoms with Crippen molar-refractivity contribution in [1.29, 1.82) is 0 Å². The second kappa shape index (κ2) is 10.1. The van der Waals surface area contributed by atoms with Gasteiger partial charge in [-0.2, -0.15) is 5.10 Å². The molecule has 0 bridgehead atoms. The van der Waals surface area contributed by atoms with Gasteiger partial charge in [-0.15, -0.1) is 0 Å². The molecular weight excluding hydrogens is 380 g/mol. The van der Waals surface area contributed by atoms with Crippen LogP contribution in [-0.4, -0.2) is 32.4 Å². The molecule has 3 aromatic carbocycles. The Morgan fingerprint density at radius 1 is 0.867 bits per heavy atom. The minimum absolute atomic E-state index is 0.146. The summed E-state index contributed by atoms with van der Waals surface area (Å²) < 4.78 is 16.3. The molecule has 1 N–H and O–H groups in total. The minimum Gasteiger partial charge on any atom is -0.493 e. The molecule has 0 aliphatic carbocycles. The van der Waals surface area contributed by atoms with Gasteiger partial charge in [-0.3, -0.25) is 4.79 Å². The number of nitrogens with zero attached hydrogens (tertiary/aromatic N) is 1. The predicted octanol–water partition coefficient (Wildman–Crippen LogP) is 4.29. The van der Waals surface area contributed by atoms with Crippen LogP contribution in [0.5, 0.6) is 17.2 Å². The van der Waals surface area contributed by atoms with Crippen LogP contribution in [0.3, 0.4) is 0 Å². The highest BCUT2D eigenvalue weighted by molar-refractivity contribution is 5.99. The van der Waals surface area contributed by atoms with Crippen molar-refractivity contribution >= 4 is 11.6 Å². The maximum Gasteiger partial charge on any atom is 0.277 e. The highest BCUT2D eigenvalue weighted by Crippen LogP contribution is 2.29. The fourth-order valence-electron chi connectivity index (χ4n) is 2.90. The summed E-state index contributed by atoms with van der Waals surface area (Å²) in [5.41, 5.74) is 5.92. The van der Waals surface area contributed by atoms with E-state index in [4.69, 9.17) is 14.2 Å². The van der Waals surface area contributed by atoms with Gasteiger partial charge in [0.25, 0.3) is 5.91 Å². The summed E-state index contributed by atoms with van der Waals surface area (Å²) in [6.45, 7) is 1.65. The van der Waals surface area contributed by atoms with Crippen LogP contribution in [0.4, 0.5) is 0 Å². The Labute approximate surface area is 176 Å². The van der Waals surface area contributed by atoms with Crippen LogP contribution >= 0.6 is 0 Å². The van der Waals surface area contributed by atoms with E-state index in [9.17, 15) is 4.79 Å². The van der Waals surface area contributed by atoms with Crippen LogP contribution in [0.2, 0.25) is 0 Å². The summed E-state index contributed by atoms with van der Waals surface area (Å²) in [6.07, 6.45) is 0. The van der Waals surface area contributed by atoms with E-state index in [0.717, 1.165) is 16.7 Å². The van der Waals surface area contributed by atoms with Gasteiger partial charge in [0, 0.05) is 11.1 Å². The Balaban J connectivity index is 1.63. The standard InChI is InChI=1S/C24H24N2O4/c1-17(19-13-14-22(28-2)23(15-19)29-3)25-26-24(27)16-30-21-12-8-7-11-20(21)18-9-5-4-6-10-18/h4-15H,16H2,1-3H3,(H,26,27)/b25-17-. The lowest BCUT2D eigenvalue weighted by Crippen LogP contribution is -2.25. The van der Waals surface area contributed by atoms with Gasteiger partial charge in [0.2, 0.25) is 0 Å². The molecule has 0 saturated carbocycles. The number of ether oxygens (including phenoxy) is 3. The first-order chi connectivity index (χ1) is 14.6. The summed E-state index contributed by atoms with van der Waals surface area (Å²) in [5.74, 6) is 1.51. The van der Waals surface area contributed by atoms with E-state index in [0.29, 0.717) is 23.0 Å². The highest BCUT2D eigenvalue weighted by Gasteiger charge is 2.09. The number of hydrazone groups is 1. The molecule has 0 heterocycles. The van der Waals surface area contributed by atoms with Crippen molar-refractivity contribution in [3.8, 4) is 28.4 Å². The number of benzene rings is 3. The van der Waals surface area contributed by atoms with E-state index in [1.807, 2.05) is 60.7 Å². The molecule has 6 nitrogen and oxygen atoms in total. The number of amides is 1. The Morgan fingerprint density at radius 2 is 1.57 bits per heavy atom. The molecule has 3 rings (SSSR count). The van der Waals surface area contributed by atoms with Gasteiger partial charge in [0.1, 0.15) is 5.75 Å². The van der Waals surface area contributed by atoms with Crippen LogP contribution in [0.25, 0.3) is 11.1 Å². The molecule has 6 heteroatoms. The maximum absolute atomic E-state index is 12.2. The molecule has 0 radical (unpaired) electrons. The number of hydrogen-bond donors (Lipinski definition) is 1. The number of hydrogen-bond acceptors (Lipinski definition) is 5. The maximum atomic E-state index is 12.2.